The molecule has 4 rings (SSSR count). The van der Waals surface area contributed by atoms with Crippen LogP contribution in [0.1, 0.15) is 56.6 Å². The fraction of sp³-hybridized carbons (Fsp3) is 0.444. The molecule has 3 unspecified atom stereocenters. The maximum Gasteiger partial charge on any atom is 0.407 e. The summed E-state index contributed by atoms with van der Waals surface area (Å²) in [6, 6.07) is 15.0. The summed E-state index contributed by atoms with van der Waals surface area (Å²) >= 11 is 0. The average Bonchev–Trinajstić information content (AvgIpc) is 3.15. The van der Waals surface area contributed by atoms with E-state index in [1.54, 1.807) is 0 Å². The van der Waals surface area contributed by atoms with Crippen molar-refractivity contribution >= 4 is 18.0 Å². The van der Waals surface area contributed by atoms with Gasteiger partial charge in [0.1, 0.15) is 12.6 Å². The molecule has 7 nitrogen and oxygen atoms in total. The van der Waals surface area contributed by atoms with Gasteiger partial charge in [0.15, 0.2) is 0 Å². The predicted molar refractivity (Wildman–Crippen MR) is 128 cm³/mol. The van der Waals surface area contributed by atoms with Crippen LogP contribution < -0.4 is 5.32 Å². The second-order valence-electron chi connectivity index (χ2n) is 9.27. The SMILES string of the molecule is CCC(CC(=O)N1CCCC(C)C1C(=O)O)NC(=O)OCC1c2ccccc2-c2ccccc21. The molecule has 1 saturated heterocycles. The van der Waals surface area contributed by atoms with E-state index in [-0.39, 0.29) is 30.8 Å². The Hall–Kier alpha value is -3.35. The number of carbonyl (C=O) groups is 3. The lowest BCUT2D eigenvalue weighted by Gasteiger charge is -2.38. The molecule has 2 aromatic rings. The van der Waals surface area contributed by atoms with Gasteiger partial charge in [-0.15, -0.1) is 0 Å². The molecule has 2 amide bonds. The summed E-state index contributed by atoms with van der Waals surface area (Å²) in [5.74, 6) is -1.35. The second-order valence-corrected chi connectivity index (χ2v) is 9.27. The van der Waals surface area contributed by atoms with Gasteiger partial charge in [-0.25, -0.2) is 9.59 Å². The zero-order chi connectivity index (χ0) is 24.2. The van der Waals surface area contributed by atoms with Gasteiger partial charge in [-0.1, -0.05) is 62.4 Å². The van der Waals surface area contributed by atoms with Crippen molar-refractivity contribution < 1.29 is 24.2 Å². The van der Waals surface area contributed by atoms with Gasteiger partial charge in [0.05, 0.1) is 0 Å². The number of hydrogen-bond donors (Lipinski definition) is 2. The first-order valence-corrected chi connectivity index (χ1v) is 12.0. The Morgan fingerprint density at radius 3 is 2.29 bits per heavy atom. The van der Waals surface area contributed by atoms with Crippen LogP contribution in [0.2, 0.25) is 0 Å². The number of aliphatic carboxylic acids is 1. The number of ether oxygens (including phenoxy) is 1. The molecule has 3 atom stereocenters. The Bertz CT molecular complexity index is 1020. The van der Waals surface area contributed by atoms with Gasteiger partial charge in [0.2, 0.25) is 5.91 Å². The molecule has 0 aromatic heterocycles. The van der Waals surface area contributed by atoms with Gasteiger partial charge in [-0.3, -0.25) is 4.79 Å². The van der Waals surface area contributed by atoms with Gasteiger partial charge in [-0.2, -0.15) is 0 Å². The summed E-state index contributed by atoms with van der Waals surface area (Å²) < 4.78 is 5.61. The third-order valence-electron chi connectivity index (χ3n) is 7.09. The summed E-state index contributed by atoms with van der Waals surface area (Å²) in [7, 11) is 0. The molecule has 1 fully saturated rings. The molecule has 1 heterocycles. The lowest BCUT2D eigenvalue weighted by atomic mass is 9.90. The van der Waals surface area contributed by atoms with Crippen molar-refractivity contribution in [2.45, 2.75) is 57.5 Å². The van der Waals surface area contributed by atoms with Gasteiger partial charge >= 0.3 is 12.1 Å². The van der Waals surface area contributed by atoms with E-state index < -0.39 is 24.1 Å². The predicted octanol–water partition coefficient (Wildman–Crippen LogP) is 4.41. The lowest BCUT2D eigenvalue weighted by Crippen LogP contribution is -2.53. The number of alkyl carbamates (subject to hydrolysis) is 1. The molecule has 34 heavy (non-hydrogen) atoms. The number of nitrogens with one attached hydrogen (secondary N) is 1. The monoisotopic (exact) mass is 464 g/mol. The number of carboxylic acid groups (broad SMARTS) is 1. The smallest absolute Gasteiger partial charge is 0.407 e. The van der Waals surface area contributed by atoms with Crippen LogP contribution in [0.3, 0.4) is 0 Å². The highest BCUT2D eigenvalue weighted by atomic mass is 16.5. The summed E-state index contributed by atoms with van der Waals surface area (Å²) in [6.45, 7) is 4.39. The van der Waals surface area contributed by atoms with Crippen LogP contribution in [0.4, 0.5) is 4.79 Å². The Balaban J connectivity index is 1.36. The molecule has 1 aliphatic heterocycles. The van der Waals surface area contributed by atoms with Crippen LogP contribution in [-0.2, 0) is 14.3 Å². The van der Waals surface area contributed by atoms with Crippen molar-refractivity contribution in [1.82, 2.24) is 10.2 Å². The minimum Gasteiger partial charge on any atom is -0.480 e. The van der Waals surface area contributed by atoms with Crippen molar-refractivity contribution in [3.63, 3.8) is 0 Å². The zero-order valence-corrected chi connectivity index (χ0v) is 19.7. The largest absolute Gasteiger partial charge is 0.480 e. The molecular weight excluding hydrogens is 432 g/mol. The summed E-state index contributed by atoms with van der Waals surface area (Å²) in [4.78, 5) is 38.7. The van der Waals surface area contributed by atoms with Crippen LogP contribution >= 0.6 is 0 Å². The summed E-state index contributed by atoms with van der Waals surface area (Å²) in [6.07, 6.45) is 1.60. The number of piperidine rings is 1. The normalized spacial score (nSPS) is 20.2. The number of likely N-dealkylation sites (tertiary alicyclic amines) is 1. The Morgan fingerprint density at radius 1 is 1.09 bits per heavy atom. The highest BCUT2D eigenvalue weighted by molar-refractivity contribution is 5.85. The molecule has 0 saturated carbocycles. The van der Waals surface area contributed by atoms with E-state index in [4.69, 9.17) is 4.74 Å². The number of hydrogen-bond acceptors (Lipinski definition) is 4. The maximum absolute atomic E-state index is 12.9. The van der Waals surface area contributed by atoms with Crippen LogP contribution in [0.15, 0.2) is 48.5 Å². The minimum atomic E-state index is -0.974. The topological polar surface area (TPSA) is 95.9 Å². The van der Waals surface area contributed by atoms with Gasteiger partial charge in [0, 0.05) is 24.9 Å². The summed E-state index contributed by atoms with van der Waals surface area (Å²) in [5.41, 5.74) is 4.59. The first-order chi connectivity index (χ1) is 16.4. The number of amides is 2. The third kappa shape index (κ3) is 4.79. The quantitative estimate of drug-likeness (QED) is 0.633. The van der Waals surface area contributed by atoms with Crippen molar-refractivity contribution in [3.05, 3.63) is 59.7 Å². The zero-order valence-electron chi connectivity index (χ0n) is 19.7. The molecule has 7 heteroatoms. The van der Waals surface area contributed by atoms with Gasteiger partial charge in [-0.05, 0) is 47.4 Å². The first-order valence-electron chi connectivity index (χ1n) is 12.0. The molecule has 0 spiro atoms. The standard InChI is InChI=1S/C27H32N2O5/c1-3-18(15-24(30)29-14-8-9-17(2)25(29)26(31)32)28-27(33)34-16-23-21-12-6-4-10-19(21)20-11-5-7-13-22(20)23/h4-7,10-13,17-18,23,25H,3,8-9,14-16H2,1-2H3,(H,28,33)(H,31,32). The highest BCUT2D eigenvalue weighted by Crippen LogP contribution is 2.44. The van der Waals surface area contributed by atoms with Crippen LogP contribution in [-0.4, -0.2) is 53.2 Å². The van der Waals surface area contributed by atoms with Crippen molar-refractivity contribution in [3.8, 4) is 11.1 Å². The highest BCUT2D eigenvalue weighted by Gasteiger charge is 2.37. The fourth-order valence-corrected chi connectivity index (χ4v) is 5.28. The Labute approximate surface area is 200 Å². The van der Waals surface area contributed by atoms with E-state index in [2.05, 4.69) is 29.6 Å². The van der Waals surface area contributed by atoms with E-state index in [0.717, 1.165) is 35.1 Å². The first kappa shape index (κ1) is 23.8. The number of nitrogens with zero attached hydrogens (tertiary/aromatic N) is 1. The Kier molecular flexibility index (Phi) is 7.20. The van der Waals surface area contributed by atoms with E-state index in [0.29, 0.717) is 13.0 Å². The maximum atomic E-state index is 12.9. The number of fused-ring (bicyclic) bond motifs is 3. The average molecular weight is 465 g/mol. The molecule has 2 N–H and O–H groups in total. The number of carboxylic acids is 1. The number of carbonyl (C=O) groups excluding carboxylic acids is 2. The Morgan fingerprint density at radius 2 is 1.71 bits per heavy atom. The second kappa shape index (κ2) is 10.3. The fourth-order valence-electron chi connectivity index (χ4n) is 5.28. The van der Waals surface area contributed by atoms with E-state index in [1.807, 2.05) is 38.1 Å². The van der Waals surface area contributed by atoms with Gasteiger partial charge < -0.3 is 20.1 Å². The van der Waals surface area contributed by atoms with Crippen LogP contribution in [0.25, 0.3) is 11.1 Å². The summed E-state index contributed by atoms with van der Waals surface area (Å²) in [5, 5.41) is 12.4. The molecule has 0 radical (unpaired) electrons. The molecule has 2 aromatic carbocycles. The van der Waals surface area contributed by atoms with E-state index >= 15 is 0 Å². The van der Waals surface area contributed by atoms with E-state index in [9.17, 15) is 19.5 Å². The molecular formula is C27H32N2O5. The number of benzene rings is 2. The molecule has 0 bridgehead atoms. The molecule has 1 aliphatic carbocycles. The molecule has 2 aliphatic rings. The van der Waals surface area contributed by atoms with Crippen molar-refractivity contribution in [2.75, 3.05) is 13.2 Å². The minimum absolute atomic E-state index is 0.0361. The van der Waals surface area contributed by atoms with Crippen LogP contribution in [0, 0.1) is 5.92 Å². The third-order valence-corrected chi connectivity index (χ3v) is 7.09. The van der Waals surface area contributed by atoms with E-state index in [1.165, 1.54) is 4.90 Å². The van der Waals surface area contributed by atoms with Crippen molar-refractivity contribution in [1.29, 1.82) is 0 Å². The number of rotatable bonds is 7. The van der Waals surface area contributed by atoms with Crippen LogP contribution in [0.5, 0.6) is 0 Å². The van der Waals surface area contributed by atoms with Gasteiger partial charge in [0.25, 0.3) is 0 Å². The lowest BCUT2D eigenvalue weighted by molar-refractivity contribution is -0.154. The molecule has 180 valence electrons. The van der Waals surface area contributed by atoms with Crippen molar-refractivity contribution in [2.24, 2.45) is 5.92 Å².